The number of benzene rings is 2. The van der Waals surface area contributed by atoms with E-state index in [9.17, 15) is 34.8 Å². The maximum Gasteiger partial charge on any atom is 0.255 e. The molecule has 1 amide bonds. The number of hydrogen-bond acceptors (Lipinski definition) is 9. The number of phenols is 1. The number of carbonyl (C=O) groups excluding carboxylic acids is 3. The van der Waals surface area contributed by atoms with Gasteiger partial charge in [0.1, 0.15) is 28.7 Å². The average molecular weight is 569 g/mol. The fourth-order valence-electron chi connectivity index (χ4n) is 6.84. The topological polar surface area (TPSA) is 171 Å². The minimum Gasteiger partial charge on any atom is -0.508 e. The van der Waals surface area contributed by atoms with Crippen molar-refractivity contribution in [3.05, 3.63) is 57.6 Å². The van der Waals surface area contributed by atoms with E-state index >= 15 is 4.39 Å². The van der Waals surface area contributed by atoms with Gasteiger partial charge in [-0.05, 0) is 63.7 Å². The molecule has 2 aromatic carbocycles. The van der Waals surface area contributed by atoms with Crippen molar-refractivity contribution in [1.29, 1.82) is 0 Å². The number of ketones is 2. The molecule has 0 heterocycles. The van der Waals surface area contributed by atoms with Crippen molar-refractivity contribution in [3.63, 3.8) is 0 Å². The summed E-state index contributed by atoms with van der Waals surface area (Å²) in [7, 11) is 4.65. The number of ether oxygens (including phenoxy) is 1. The van der Waals surface area contributed by atoms with Crippen molar-refractivity contribution >= 4 is 34.0 Å². The third-order valence-corrected chi connectivity index (χ3v) is 8.76. The van der Waals surface area contributed by atoms with Crippen LogP contribution in [0.25, 0.3) is 16.5 Å². The molecule has 1 fully saturated rings. The Hall–Kier alpha value is -3.80. The van der Waals surface area contributed by atoms with Crippen molar-refractivity contribution in [2.24, 2.45) is 17.6 Å². The second-order valence-corrected chi connectivity index (χ2v) is 11.3. The van der Waals surface area contributed by atoms with Crippen molar-refractivity contribution < 1.29 is 43.9 Å². The summed E-state index contributed by atoms with van der Waals surface area (Å²) in [6.45, 7) is 0.597. The van der Waals surface area contributed by atoms with Crippen LogP contribution < -0.4 is 5.73 Å². The summed E-state index contributed by atoms with van der Waals surface area (Å²) in [6, 6.07) is 3.79. The highest BCUT2D eigenvalue weighted by Gasteiger charge is 2.64. The van der Waals surface area contributed by atoms with Crippen LogP contribution in [0.3, 0.4) is 0 Å². The molecule has 5 rings (SSSR count). The first-order valence-corrected chi connectivity index (χ1v) is 13.5. The molecule has 218 valence electrons. The van der Waals surface area contributed by atoms with Crippen LogP contribution in [-0.2, 0) is 32.0 Å². The maximum atomic E-state index is 16.0. The van der Waals surface area contributed by atoms with Gasteiger partial charge in [-0.2, -0.15) is 0 Å². The third kappa shape index (κ3) is 4.13. The molecule has 0 saturated heterocycles. The van der Waals surface area contributed by atoms with Crippen LogP contribution in [0.2, 0.25) is 0 Å². The number of aryl methyl sites for hydroxylation is 1. The average Bonchev–Trinajstić information content (AvgIpc) is 2.91. The monoisotopic (exact) mass is 568 g/mol. The smallest absolute Gasteiger partial charge is 0.255 e. The maximum absolute atomic E-state index is 16.0. The number of likely N-dealkylation sites (N-methyl/N-ethyl adjacent to an activating group) is 1. The number of nitrogens with zero attached hydrogens (tertiary/aromatic N) is 1. The van der Waals surface area contributed by atoms with Crippen LogP contribution in [0.1, 0.15) is 36.0 Å². The van der Waals surface area contributed by atoms with E-state index in [4.69, 9.17) is 10.5 Å². The summed E-state index contributed by atoms with van der Waals surface area (Å²) in [4.78, 5) is 40.6. The molecule has 2 aromatic rings. The molecule has 0 aliphatic heterocycles. The first kappa shape index (κ1) is 28.7. The number of carbonyl (C=O) groups is 3. The van der Waals surface area contributed by atoms with E-state index < -0.39 is 69.6 Å². The predicted octanol–water partition coefficient (Wildman–Crippen LogP) is 2.23. The van der Waals surface area contributed by atoms with Crippen LogP contribution in [0.5, 0.6) is 5.75 Å². The van der Waals surface area contributed by atoms with Gasteiger partial charge in [-0.1, -0.05) is 12.1 Å². The van der Waals surface area contributed by atoms with Gasteiger partial charge in [0.15, 0.2) is 11.4 Å². The van der Waals surface area contributed by atoms with Gasteiger partial charge in [-0.3, -0.25) is 19.3 Å². The summed E-state index contributed by atoms with van der Waals surface area (Å²) in [5.41, 5.74) is 1.98. The summed E-state index contributed by atoms with van der Waals surface area (Å²) in [5.74, 6) is -8.30. The Labute approximate surface area is 235 Å². The predicted molar refractivity (Wildman–Crippen MR) is 147 cm³/mol. The molecule has 41 heavy (non-hydrogen) atoms. The first-order chi connectivity index (χ1) is 19.4. The summed E-state index contributed by atoms with van der Waals surface area (Å²) < 4.78 is 21.0. The molecule has 0 aromatic heterocycles. The summed E-state index contributed by atoms with van der Waals surface area (Å²) in [6.07, 6.45) is 2.06. The number of aliphatic hydroxyl groups is 3. The Morgan fingerprint density at radius 2 is 1.88 bits per heavy atom. The van der Waals surface area contributed by atoms with Crippen molar-refractivity contribution in [2.45, 2.75) is 43.7 Å². The number of aliphatic hydroxyl groups excluding tert-OH is 2. The molecule has 4 atom stereocenters. The number of phenolic OH excluding ortho intramolecular Hbond substituents is 1. The van der Waals surface area contributed by atoms with Gasteiger partial charge in [0.25, 0.3) is 5.91 Å². The van der Waals surface area contributed by atoms with Gasteiger partial charge in [0.05, 0.1) is 11.6 Å². The van der Waals surface area contributed by atoms with Gasteiger partial charge < -0.3 is 30.9 Å². The fourth-order valence-corrected chi connectivity index (χ4v) is 6.84. The minimum atomic E-state index is -2.75. The Kier molecular flexibility index (Phi) is 7.17. The number of unbranched alkanes of at least 4 members (excludes halogenated alkanes) is 1. The number of methoxy groups -OCH3 is 1. The van der Waals surface area contributed by atoms with Crippen molar-refractivity contribution in [2.75, 3.05) is 27.8 Å². The molecule has 1 saturated carbocycles. The zero-order valence-electron chi connectivity index (χ0n) is 23.0. The van der Waals surface area contributed by atoms with Crippen LogP contribution >= 0.6 is 0 Å². The fraction of sp³-hybridized carbons (Fsp3) is 0.433. The lowest BCUT2D eigenvalue weighted by atomic mass is 9.57. The lowest BCUT2D eigenvalue weighted by Crippen LogP contribution is -2.65. The molecule has 3 aliphatic carbocycles. The highest BCUT2D eigenvalue weighted by molar-refractivity contribution is 6.24. The second kappa shape index (κ2) is 10.2. The quantitative estimate of drug-likeness (QED) is 0.248. The molecule has 6 N–H and O–H groups in total. The summed E-state index contributed by atoms with van der Waals surface area (Å²) >= 11 is 0. The van der Waals surface area contributed by atoms with Crippen LogP contribution in [0.4, 0.5) is 4.39 Å². The van der Waals surface area contributed by atoms with E-state index in [1.807, 2.05) is 0 Å². The van der Waals surface area contributed by atoms with E-state index in [1.54, 1.807) is 25.3 Å². The van der Waals surface area contributed by atoms with Crippen LogP contribution in [-0.4, -0.2) is 82.3 Å². The largest absolute Gasteiger partial charge is 0.508 e. The SMILES string of the molecule is COCCCCc1ccc2c(F)c3c(c(O)c2c1)C(O)=C1C(=O)[C@]2(O)C(O)=C(C(N)=O)C(=O)[C@@H](N(C)C)[C@@H]2C[C@@H]1C3. The normalized spacial score (nSPS) is 26.0. The van der Waals surface area contributed by atoms with Crippen LogP contribution in [0, 0.1) is 17.7 Å². The van der Waals surface area contributed by atoms with Gasteiger partial charge in [-0.25, -0.2) is 4.39 Å². The van der Waals surface area contributed by atoms with Gasteiger partial charge in [0.2, 0.25) is 5.78 Å². The molecule has 0 spiro atoms. The van der Waals surface area contributed by atoms with Gasteiger partial charge in [0, 0.05) is 41.5 Å². The Morgan fingerprint density at radius 1 is 1.17 bits per heavy atom. The summed E-state index contributed by atoms with van der Waals surface area (Å²) in [5, 5.41) is 45.6. The number of amides is 1. The van der Waals surface area contributed by atoms with Gasteiger partial charge in [-0.15, -0.1) is 0 Å². The highest BCUT2D eigenvalue weighted by atomic mass is 19.1. The Bertz CT molecular complexity index is 1560. The number of primary amides is 1. The standard InChI is InChI=1S/C30H33FN2O8/c1-33(2)23-18-12-14-11-17-20(24(34)16-10-13(6-4-5-9-41-3)7-8-15(16)22(17)31)25(35)19(14)27(37)30(18,40)28(38)21(26(23)36)29(32)39/h7-8,10,14,18,23,34-35,38,40H,4-6,9,11-12H2,1-3H3,(H2,32,39)/t14-,18-,23-,30-/m0/s1. The molecule has 0 bridgehead atoms. The lowest BCUT2D eigenvalue weighted by molar-refractivity contribution is -0.153. The number of Topliss-reactive ketones (excluding diaryl/α,β-unsaturated/α-hetero) is 2. The molecule has 11 heteroatoms. The van der Waals surface area contributed by atoms with E-state index in [1.165, 1.54) is 19.0 Å². The molecular formula is C30H33FN2O8. The number of nitrogens with two attached hydrogens (primary N) is 1. The number of hydrogen-bond donors (Lipinski definition) is 5. The highest BCUT2D eigenvalue weighted by Crippen LogP contribution is 2.53. The Morgan fingerprint density at radius 3 is 2.51 bits per heavy atom. The number of halogens is 1. The van der Waals surface area contributed by atoms with Gasteiger partial charge >= 0.3 is 0 Å². The molecule has 10 nitrogen and oxygen atoms in total. The first-order valence-electron chi connectivity index (χ1n) is 13.5. The number of aromatic hydroxyl groups is 1. The zero-order valence-corrected chi connectivity index (χ0v) is 23.0. The lowest BCUT2D eigenvalue weighted by Gasteiger charge is -2.50. The van der Waals surface area contributed by atoms with E-state index in [0.717, 1.165) is 18.4 Å². The second-order valence-electron chi connectivity index (χ2n) is 11.3. The minimum absolute atomic E-state index is 0.00784. The number of fused-ring (bicyclic) bond motifs is 4. The molecule has 0 radical (unpaired) electrons. The van der Waals surface area contributed by atoms with E-state index in [2.05, 4.69) is 0 Å². The van der Waals surface area contributed by atoms with Crippen molar-refractivity contribution in [3.8, 4) is 5.75 Å². The molecular weight excluding hydrogens is 535 g/mol. The van der Waals surface area contributed by atoms with E-state index in [-0.39, 0.29) is 40.3 Å². The molecule has 3 aliphatic rings. The third-order valence-electron chi connectivity index (χ3n) is 8.76. The van der Waals surface area contributed by atoms with E-state index in [0.29, 0.717) is 13.0 Å². The Balaban J connectivity index is 1.67. The molecule has 0 unspecified atom stereocenters. The van der Waals surface area contributed by atoms with Crippen LogP contribution in [0.15, 0.2) is 35.1 Å². The number of rotatable bonds is 7. The van der Waals surface area contributed by atoms with Crippen molar-refractivity contribution in [1.82, 2.24) is 4.90 Å². The zero-order chi connectivity index (χ0) is 30.0.